The number of amides is 1. The zero-order valence-corrected chi connectivity index (χ0v) is 17.3. The number of ketones is 1. The first-order valence-electron chi connectivity index (χ1n) is 9.42. The number of aromatic nitrogens is 2. The van der Waals surface area contributed by atoms with E-state index >= 15 is 0 Å². The molecule has 1 N–H and O–H groups in total. The number of hydrogen-bond donors (Lipinski definition) is 1. The minimum absolute atomic E-state index is 0.0368. The summed E-state index contributed by atoms with van der Waals surface area (Å²) in [6.45, 7) is 4.02. The molecule has 0 aliphatic carbocycles. The SMILES string of the molecule is CC(=O)NCCc1ccc(C(=O)CSc2nc(C)cc(-c3ccccc3)n2)cc1. The van der Waals surface area contributed by atoms with Gasteiger partial charge in [0.15, 0.2) is 10.9 Å². The second kappa shape index (κ2) is 9.98. The van der Waals surface area contributed by atoms with Crippen molar-refractivity contribution in [2.24, 2.45) is 0 Å². The molecule has 0 aliphatic heterocycles. The highest BCUT2D eigenvalue weighted by molar-refractivity contribution is 7.99. The summed E-state index contributed by atoms with van der Waals surface area (Å²) in [7, 11) is 0. The highest BCUT2D eigenvalue weighted by atomic mass is 32.2. The molecule has 0 radical (unpaired) electrons. The first-order valence-corrected chi connectivity index (χ1v) is 10.4. The Labute approximate surface area is 175 Å². The number of benzene rings is 2. The Balaban J connectivity index is 1.60. The molecule has 0 aliphatic rings. The zero-order valence-electron chi connectivity index (χ0n) is 16.5. The van der Waals surface area contributed by atoms with Gasteiger partial charge in [0.2, 0.25) is 5.91 Å². The fraction of sp³-hybridized carbons (Fsp3) is 0.217. The number of thioether (sulfide) groups is 1. The largest absolute Gasteiger partial charge is 0.356 e. The first kappa shape index (κ1) is 20.7. The summed E-state index contributed by atoms with van der Waals surface area (Å²) in [5.41, 5.74) is 4.50. The smallest absolute Gasteiger partial charge is 0.216 e. The van der Waals surface area contributed by atoms with Gasteiger partial charge in [0.1, 0.15) is 0 Å². The minimum atomic E-state index is -0.0392. The summed E-state index contributed by atoms with van der Waals surface area (Å²) in [4.78, 5) is 32.5. The third kappa shape index (κ3) is 6.26. The molecule has 0 atom stereocenters. The minimum Gasteiger partial charge on any atom is -0.356 e. The van der Waals surface area contributed by atoms with E-state index in [0.717, 1.165) is 28.9 Å². The van der Waals surface area contributed by atoms with Crippen molar-refractivity contribution in [3.63, 3.8) is 0 Å². The van der Waals surface area contributed by atoms with Gasteiger partial charge in [-0.3, -0.25) is 9.59 Å². The van der Waals surface area contributed by atoms with Crippen LogP contribution in [0.4, 0.5) is 0 Å². The molecule has 5 nitrogen and oxygen atoms in total. The summed E-state index contributed by atoms with van der Waals surface area (Å²) in [6.07, 6.45) is 0.738. The quantitative estimate of drug-likeness (QED) is 0.347. The van der Waals surface area contributed by atoms with Gasteiger partial charge in [-0.05, 0) is 25.0 Å². The van der Waals surface area contributed by atoms with Crippen molar-refractivity contribution < 1.29 is 9.59 Å². The lowest BCUT2D eigenvalue weighted by Crippen LogP contribution is -2.22. The topological polar surface area (TPSA) is 72.0 Å². The van der Waals surface area contributed by atoms with Gasteiger partial charge < -0.3 is 5.32 Å². The Morgan fingerprint density at radius 2 is 1.72 bits per heavy atom. The zero-order chi connectivity index (χ0) is 20.6. The molecule has 1 aromatic heterocycles. The predicted molar refractivity (Wildman–Crippen MR) is 116 cm³/mol. The molecule has 0 spiro atoms. The number of carbonyl (C=O) groups excluding carboxylic acids is 2. The maximum atomic E-state index is 12.5. The van der Waals surface area contributed by atoms with E-state index in [-0.39, 0.29) is 17.4 Å². The molecule has 0 saturated carbocycles. The number of hydrogen-bond acceptors (Lipinski definition) is 5. The Morgan fingerprint density at radius 1 is 1.00 bits per heavy atom. The maximum Gasteiger partial charge on any atom is 0.216 e. The van der Waals surface area contributed by atoms with Crippen LogP contribution in [0.5, 0.6) is 0 Å². The fourth-order valence-electron chi connectivity index (χ4n) is 2.82. The molecule has 0 saturated heterocycles. The highest BCUT2D eigenvalue weighted by Gasteiger charge is 2.10. The average Bonchev–Trinajstić information content (AvgIpc) is 2.72. The van der Waals surface area contributed by atoms with E-state index in [9.17, 15) is 9.59 Å². The van der Waals surface area contributed by atoms with Crippen LogP contribution in [-0.4, -0.2) is 34.0 Å². The second-order valence-electron chi connectivity index (χ2n) is 6.68. The number of Topliss-reactive ketones (excluding diaryl/α,β-unsaturated/α-hetero) is 1. The first-order chi connectivity index (χ1) is 14.0. The summed E-state index contributed by atoms with van der Waals surface area (Å²) in [6, 6.07) is 19.4. The summed E-state index contributed by atoms with van der Waals surface area (Å²) >= 11 is 1.35. The monoisotopic (exact) mass is 405 g/mol. The Kier molecular flexibility index (Phi) is 7.14. The fourth-order valence-corrected chi connectivity index (χ4v) is 3.61. The van der Waals surface area contributed by atoms with Gasteiger partial charge in [-0.1, -0.05) is 66.4 Å². The van der Waals surface area contributed by atoms with E-state index in [1.54, 1.807) is 0 Å². The van der Waals surface area contributed by atoms with Crippen LogP contribution in [0.15, 0.2) is 65.8 Å². The number of rotatable bonds is 8. The van der Waals surface area contributed by atoms with Crippen molar-refractivity contribution in [3.05, 3.63) is 77.5 Å². The lowest BCUT2D eigenvalue weighted by molar-refractivity contribution is -0.118. The molecular formula is C23H23N3O2S. The van der Waals surface area contributed by atoms with E-state index in [1.807, 2.05) is 67.6 Å². The average molecular weight is 406 g/mol. The molecule has 29 heavy (non-hydrogen) atoms. The maximum absolute atomic E-state index is 12.5. The van der Waals surface area contributed by atoms with Gasteiger partial charge in [0.25, 0.3) is 0 Å². The molecule has 3 rings (SSSR count). The van der Waals surface area contributed by atoms with Crippen molar-refractivity contribution >= 4 is 23.5 Å². The lowest BCUT2D eigenvalue weighted by Gasteiger charge is -2.07. The van der Waals surface area contributed by atoms with E-state index < -0.39 is 0 Å². The molecule has 0 unspecified atom stereocenters. The van der Waals surface area contributed by atoms with Crippen LogP contribution in [0.25, 0.3) is 11.3 Å². The molecule has 6 heteroatoms. The number of aryl methyl sites for hydroxylation is 1. The molecule has 2 aromatic carbocycles. The van der Waals surface area contributed by atoms with Crippen LogP contribution < -0.4 is 5.32 Å². The second-order valence-corrected chi connectivity index (χ2v) is 7.63. The summed E-state index contributed by atoms with van der Waals surface area (Å²) in [5, 5.41) is 3.37. The molecule has 0 bridgehead atoms. The predicted octanol–water partition coefficient (Wildman–Crippen LogP) is 4.11. The molecule has 1 amide bonds. The Hall–Kier alpha value is -2.99. The van der Waals surface area contributed by atoms with Gasteiger partial charge in [0, 0.05) is 30.3 Å². The van der Waals surface area contributed by atoms with Gasteiger partial charge >= 0.3 is 0 Å². The van der Waals surface area contributed by atoms with Gasteiger partial charge in [0.05, 0.1) is 11.4 Å². The van der Waals surface area contributed by atoms with E-state index in [2.05, 4.69) is 15.3 Å². The van der Waals surface area contributed by atoms with Crippen LogP contribution >= 0.6 is 11.8 Å². The van der Waals surface area contributed by atoms with Gasteiger partial charge in [-0.2, -0.15) is 0 Å². The Bertz CT molecular complexity index is 989. The third-order valence-corrected chi connectivity index (χ3v) is 5.15. The van der Waals surface area contributed by atoms with E-state index in [4.69, 9.17) is 0 Å². The number of nitrogens with one attached hydrogen (secondary N) is 1. The van der Waals surface area contributed by atoms with Crippen LogP contribution in [0.1, 0.15) is 28.5 Å². The van der Waals surface area contributed by atoms with Crippen LogP contribution in [0.2, 0.25) is 0 Å². The number of nitrogens with zero attached hydrogens (tertiary/aromatic N) is 2. The van der Waals surface area contributed by atoms with Crippen molar-refractivity contribution in [3.8, 4) is 11.3 Å². The van der Waals surface area contributed by atoms with Crippen molar-refractivity contribution in [2.45, 2.75) is 25.4 Å². The van der Waals surface area contributed by atoms with E-state index in [1.165, 1.54) is 18.7 Å². The van der Waals surface area contributed by atoms with Crippen LogP contribution in [-0.2, 0) is 11.2 Å². The third-order valence-electron chi connectivity index (χ3n) is 4.30. The lowest BCUT2D eigenvalue weighted by atomic mass is 10.1. The molecule has 3 aromatic rings. The highest BCUT2D eigenvalue weighted by Crippen LogP contribution is 2.22. The van der Waals surface area contributed by atoms with Crippen molar-refractivity contribution in [1.82, 2.24) is 15.3 Å². The van der Waals surface area contributed by atoms with Crippen molar-refractivity contribution in [1.29, 1.82) is 0 Å². The van der Waals surface area contributed by atoms with Gasteiger partial charge in [-0.25, -0.2) is 9.97 Å². The van der Waals surface area contributed by atoms with Crippen molar-refractivity contribution in [2.75, 3.05) is 12.3 Å². The van der Waals surface area contributed by atoms with Crippen LogP contribution in [0, 0.1) is 6.92 Å². The molecule has 1 heterocycles. The van der Waals surface area contributed by atoms with Crippen LogP contribution in [0.3, 0.4) is 0 Å². The summed E-state index contributed by atoms with van der Waals surface area (Å²) < 4.78 is 0. The molecule has 0 fully saturated rings. The standard InChI is InChI=1S/C23H23N3O2S/c1-16-14-21(19-6-4-3-5-7-19)26-23(25-16)29-15-22(28)20-10-8-18(9-11-20)12-13-24-17(2)27/h3-11,14H,12-13,15H2,1-2H3,(H,24,27). The van der Waals surface area contributed by atoms with E-state index in [0.29, 0.717) is 17.3 Å². The molecular weight excluding hydrogens is 382 g/mol. The normalized spacial score (nSPS) is 10.6. The molecule has 148 valence electrons. The summed E-state index contributed by atoms with van der Waals surface area (Å²) in [5.74, 6) is 0.278. The Morgan fingerprint density at radius 3 is 2.41 bits per heavy atom. The van der Waals surface area contributed by atoms with Gasteiger partial charge in [-0.15, -0.1) is 0 Å². The number of carbonyl (C=O) groups is 2.